The van der Waals surface area contributed by atoms with Gasteiger partial charge in [0, 0.05) is 7.11 Å². The molecule has 0 aliphatic heterocycles. The van der Waals surface area contributed by atoms with E-state index in [-0.39, 0.29) is 12.0 Å². The lowest BCUT2D eigenvalue weighted by Crippen LogP contribution is -2.30. The maximum Gasteiger partial charge on any atom is 0.246 e. The highest BCUT2D eigenvalue weighted by Crippen LogP contribution is 2.12. The molecule has 0 saturated heterocycles. The highest BCUT2D eigenvalue weighted by atomic mass is 16.5. The minimum Gasteiger partial charge on any atom is -0.372 e. The Bertz CT molecular complexity index is 195. The third kappa shape index (κ3) is 10.6. The van der Waals surface area contributed by atoms with E-state index in [1.807, 2.05) is 0 Å². The molecule has 0 unspecified atom stereocenters. The van der Waals surface area contributed by atoms with Crippen LogP contribution in [0.25, 0.3) is 0 Å². The molecule has 108 valence electrons. The summed E-state index contributed by atoms with van der Waals surface area (Å²) in [4.78, 5) is 10.9. The van der Waals surface area contributed by atoms with Crippen LogP contribution in [0.5, 0.6) is 0 Å². The zero-order valence-corrected chi connectivity index (χ0v) is 12.2. The van der Waals surface area contributed by atoms with Crippen molar-refractivity contribution in [1.29, 1.82) is 0 Å². The van der Waals surface area contributed by atoms with E-state index in [9.17, 15) is 4.79 Å². The van der Waals surface area contributed by atoms with Gasteiger partial charge in [-0.2, -0.15) is 0 Å². The summed E-state index contributed by atoms with van der Waals surface area (Å²) in [7, 11) is 1.55. The lowest BCUT2D eigenvalue weighted by Gasteiger charge is -2.10. The summed E-state index contributed by atoms with van der Waals surface area (Å²) < 4.78 is 5.02. The van der Waals surface area contributed by atoms with E-state index in [1.54, 1.807) is 7.11 Å². The van der Waals surface area contributed by atoms with Crippen LogP contribution in [-0.2, 0) is 9.53 Å². The summed E-state index contributed by atoms with van der Waals surface area (Å²) in [5.41, 5.74) is 5.20. The lowest BCUT2D eigenvalue weighted by molar-refractivity contribution is -0.128. The molecular formula is C15H31NO2. The number of amides is 1. The monoisotopic (exact) mass is 257 g/mol. The van der Waals surface area contributed by atoms with Crippen LogP contribution in [0.1, 0.15) is 77.6 Å². The normalized spacial score (nSPS) is 12.6. The number of carbonyl (C=O) groups excluding carboxylic acids is 1. The van der Waals surface area contributed by atoms with Crippen LogP contribution >= 0.6 is 0 Å². The van der Waals surface area contributed by atoms with Gasteiger partial charge in [0.25, 0.3) is 0 Å². The van der Waals surface area contributed by atoms with E-state index in [0.29, 0.717) is 0 Å². The largest absolute Gasteiger partial charge is 0.372 e. The van der Waals surface area contributed by atoms with Crippen LogP contribution in [-0.4, -0.2) is 19.1 Å². The minimum atomic E-state index is -0.390. The molecule has 0 aromatic rings. The van der Waals surface area contributed by atoms with Gasteiger partial charge in [-0.1, -0.05) is 71.1 Å². The molecule has 1 atom stereocenters. The highest BCUT2D eigenvalue weighted by Gasteiger charge is 2.12. The Balaban J connectivity index is 3.18. The van der Waals surface area contributed by atoms with Gasteiger partial charge < -0.3 is 10.5 Å². The second kappa shape index (κ2) is 12.9. The first-order valence-electron chi connectivity index (χ1n) is 7.54. The predicted molar refractivity (Wildman–Crippen MR) is 76.5 cm³/mol. The zero-order valence-electron chi connectivity index (χ0n) is 12.2. The Kier molecular flexibility index (Phi) is 12.5. The average molecular weight is 257 g/mol. The van der Waals surface area contributed by atoms with Crippen molar-refractivity contribution in [2.75, 3.05) is 7.11 Å². The van der Waals surface area contributed by atoms with Crippen LogP contribution in [0.4, 0.5) is 0 Å². The zero-order chi connectivity index (χ0) is 13.6. The first-order valence-corrected chi connectivity index (χ1v) is 7.54. The Morgan fingerprint density at radius 3 is 1.78 bits per heavy atom. The number of methoxy groups -OCH3 is 1. The Morgan fingerprint density at radius 1 is 0.944 bits per heavy atom. The van der Waals surface area contributed by atoms with E-state index in [4.69, 9.17) is 10.5 Å². The van der Waals surface area contributed by atoms with Crippen molar-refractivity contribution >= 4 is 5.91 Å². The molecule has 0 bridgehead atoms. The molecule has 0 spiro atoms. The van der Waals surface area contributed by atoms with Gasteiger partial charge in [-0.15, -0.1) is 0 Å². The van der Waals surface area contributed by atoms with Gasteiger partial charge in [-0.3, -0.25) is 4.79 Å². The van der Waals surface area contributed by atoms with Crippen molar-refractivity contribution in [3.8, 4) is 0 Å². The van der Waals surface area contributed by atoms with Gasteiger partial charge in [0.05, 0.1) is 0 Å². The molecule has 0 aliphatic rings. The quantitative estimate of drug-likeness (QED) is 0.510. The molecule has 0 heterocycles. The van der Waals surface area contributed by atoms with Crippen molar-refractivity contribution in [3.63, 3.8) is 0 Å². The summed E-state index contributed by atoms with van der Waals surface area (Å²) in [5.74, 6) is -0.339. The fourth-order valence-electron chi connectivity index (χ4n) is 2.19. The van der Waals surface area contributed by atoms with Gasteiger partial charge >= 0.3 is 0 Å². The number of hydrogen-bond donors (Lipinski definition) is 1. The Labute approximate surface area is 112 Å². The van der Waals surface area contributed by atoms with Crippen LogP contribution in [0.15, 0.2) is 0 Å². The number of unbranched alkanes of at least 4 members (excludes halogenated alkanes) is 9. The van der Waals surface area contributed by atoms with E-state index in [2.05, 4.69) is 6.92 Å². The summed E-state index contributed by atoms with van der Waals surface area (Å²) in [5, 5.41) is 0. The van der Waals surface area contributed by atoms with Crippen LogP contribution < -0.4 is 5.73 Å². The molecule has 0 rings (SSSR count). The first kappa shape index (κ1) is 17.4. The topological polar surface area (TPSA) is 52.3 Å². The second-order valence-corrected chi connectivity index (χ2v) is 5.10. The van der Waals surface area contributed by atoms with Crippen molar-refractivity contribution in [3.05, 3.63) is 0 Å². The third-order valence-electron chi connectivity index (χ3n) is 3.42. The first-order chi connectivity index (χ1) is 8.72. The molecule has 0 fully saturated rings. The fourth-order valence-corrected chi connectivity index (χ4v) is 2.19. The Hall–Kier alpha value is -0.570. The Morgan fingerprint density at radius 2 is 1.39 bits per heavy atom. The molecule has 3 nitrogen and oxygen atoms in total. The molecule has 0 saturated carbocycles. The van der Waals surface area contributed by atoms with Crippen LogP contribution in [0, 0.1) is 0 Å². The number of rotatable bonds is 13. The van der Waals surface area contributed by atoms with Gasteiger partial charge in [0.15, 0.2) is 0 Å². The predicted octanol–water partition coefficient (Wildman–Crippen LogP) is 3.80. The van der Waals surface area contributed by atoms with Crippen LogP contribution in [0.3, 0.4) is 0 Å². The van der Waals surface area contributed by atoms with Crippen molar-refractivity contribution in [2.24, 2.45) is 5.73 Å². The van der Waals surface area contributed by atoms with Crippen molar-refractivity contribution < 1.29 is 9.53 Å². The fraction of sp³-hybridized carbons (Fsp3) is 0.933. The molecule has 3 heteroatoms. The van der Waals surface area contributed by atoms with Crippen molar-refractivity contribution in [1.82, 2.24) is 0 Å². The summed E-state index contributed by atoms with van der Waals surface area (Å²) in [6, 6.07) is 0. The molecule has 2 N–H and O–H groups in total. The van der Waals surface area contributed by atoms with Gasteiger partial charge in [0.1, 0.15) is 6.10 Å². The maximum atomic E-state index is 10.9. The summed E-state index contributed by atoms with van der Waals surface area (Å²) >= 11 is 0. The third-order valence-corrected chi connectivity index (χ3v) is 3.42. The number of hydrogen-bond acceptors (Lipinski definition) is 2. The molecule has 18 heavy (non-hydrogen) atoms. The van der Waals surface area contributed by atoms with E-state index < -0.39 is 0 Å². The number of carbonyl (C=O) groups is 1. The van der Waals surface area contributed by atoms with E-state index >= 15 is 0 Å². The summed E-state index contributed by atoms with van der Waals surface area (Å²) in [6.45, 7) is 2.25. The molecule has 1 amide bonds. The lowest BCUT2D eigenvalue weighted by atomic mass is 10.0. The summed E-state index contributed by atoms with van der Waals surface area (Å²) in [6.07, 6.45) is 13.4. The van der Waals surface area contributed by atoms with Crippen LogP contribution in [0.2, 0.25) is 0 Å². The standard InChI is InChI=1S/C15H31NO2/c1-3-4-5-6-7-8-9-10-11-12-13-14(18-2)15(16)17/h14H,3-13H2,1-2H3,(H2,16,17)/t14-/m1/s1. The molecule has 0 aliphatic carbocycles. The minimum absolute atomic E-state index is 0.339. The molecule has 0 aromatic carbocycles. The maximum absolute atomic E-state index is 10.9. The van der Waals surface area contributed by atoms with E-state index in [0.717, 1.165) is 12.8 Å². The molecular weight excluding hydrogens is 226 g/mol. The molecule has 0 radical (unpaired) electrons. The van der Waals surface area contributed by atoms with E-state index in [1.165, 1.54) is 57.8 Å². The number of nitrogens with two attached hydrogens (primary N) is 1. The second-order valence-electron chi connectivity index (χ2n) is 5.10. The number of primary amides is 1. The molecule has 0 aromatic heterocycles. The number of ether oxygens (including phenoxy) is 1. The smallest absolute Gasteiger partial charge is 0.246 e. The van der Waals surface area contributed by atoms with Gasteiger partial charge in [0.2, 0.25) is 5.91 Å². The SMILES string of the molecule is CCCCCCCCCCCC[C@@H](OC)C(N)=O. The highest BCUT2D eigenvalue weighted by molar-refractivity contribution is 5.78. The van der Waals surface area contributed by atoms with Gasteiger partial charge in [-0.05, 0) is 6.42 Å². The van der Waals surface area contributed by atoms with Gasteiger partial charge in [-0.25, -0.2) is 0 Å². The average Bonchev–Trinajstić information content (AvgIpc) is 2.35. The van der Waals surface area contributed by atoms with Crippen molar-refractivity contribution in [2.45, 2.75) is 83.7 Å².